The van der Waals surface area contributed by atoms with E-state index in [-0.39, 0.29) is 0 Å². The summed E-state index contributed by atoms with van der Waals surface area (Å²) in [5, 5.41) is 2.42. The first kappa shape index (κ1) is 42.3. The van der Waals surface area contributed by atoms with Crippen molar-refractivity contribution in [1.82, 2.24) is 24.5 Å². The Morgan fingerprint density at radius 3 is 1.67 bits per heavy atom. The Hall–Kier alpha value is -9.06. The Balaban J connectivity index is 0.000000666. The molecule has 0 radical (unpaired) electrons. The van der Waals surface area contributed by atoms with Gasteiger partial charge in [0.1, 0.15) is 0 Å². The van der Waals surface area contributed by atoms with Crippen LogP contribution in [0, 0.1) is 6.92 Å². The zero-order valence-electron chi connectivity index (χ0n) is 38.7. The van der Waals surface area contributed by atoms with E-state index in [9.17, 15) is 0 Å². The summed E-state index contributed by atoms with van der Waals surface area (Å²) >= 11 is 0. The number of benzene rings is 8. The molecule has 5 nitrogen and oxygen atoms in total. The molecule has 0 fully saturated rings. The van der Waals surface area contributed by atoms with Gasteiger partial charge in [0.15, 0.2) is 17.5 Å². The van der Waals surface area contributed by atoms with Crippen LogP contribution in [-0.2, 0) is 5.41 Å². The van der Waals surface area contributed by atoms with Gasteiger partial charge in [0.25, 0.3) is 0 Å². The highest BCUT2D eigenvalue weighted by Crippen LogP contribution is 2.59. The van der Waals surface area contributed by atoms with Gasteiger partial charge < -0.3 is 4.57 Å². The van der Waals surface area contributed by atoms with Crippen LogP contribution < -0.4 is 0 Å². The van der Waals surface area contributed by atoms with E-state index in [2.05, 4.69) is 216 Å². The number of hydrogen-bond donors (Lipinski definition) is 0. The smallest absolute Gasteiger partial charge is 0.164 e. The molecule has 332 valence electrons. The van der Waals surface area contributed by atoms with Gasteiger partial charge in [0.05, 0.1) is 16.4 Å². The van der Waals surface area contributed by atoms with Crippen LogP contribution in [0.25, 0.3) is 83.9 Å². The molecule has 1 unspecified atom stereocenters. The molecule has 3 heterocycles. The third-order valence-corrected chi connectivity index (χ3v) is 13.6. The Kier molecular flexibility index (Phi) is 11.0. The van der Waals surface area contributed by atoms with Crippen molar-refractivity contribution < 1.29 is 0 Å². The van der Waals surface area contributed by atoms with Crippen molar-refractivity contribution in [2.45, 2.75) is 18.8 Å². The monoisotopic (exact) mass is 897 g/mol. The van der Waals surface area contributed by atoms with Crippen LogP contribution in [-0.4, -0.2) is 24.5 Å². The Bertz CT molecular complexity index is 3730. The lowest BCUT2D eigenvalue weighted by molar-refractivity contribution is 0.766. The van der Waals surface area contributed by atoms with Gasteiger partial charge in [0.2, 0.25) is 0 Å². The van der Waals surface area contributed by atoms with E-state index in [4.69, 9.17) is 15.0 Å². The SMILES string of the molecule is C1=CCC=CC(C2(c3ccccc3)c3ccccc3-c3c(-c4nc(-c5ccccc5)nc(-c5ccc(-c6ccccc6)cc5)n4)cc(-n4c5ccccc5c5ccccc54)cc32)=C1.Cc1ccccn1. The van der Waals surface area contributed by atoms with Crippen molar-refractivity contribution in [1.29, 1.82) is 0 Å². The minimum absolute atomic E-state index is 0.619. The summed E-state index contributed by atoms with van der Waals surface area (Å²) in [6.07, 6.45) is 14.0. The third-order valence-electron chi connectivity index (χ3n) is 13.6. The van der Waals surface area contributed by atoms with Crippen molar-refractivity contribution in [2.24, 2.45) is 0 Å². The van der Waals surface area contributed by atoms with E-state index >= 15 is 0 Å². The molecule has 11 aromatic rings. The molecule has 0 saturated carbocycles. The van der Waals surface area contributed by atoms with Gasteiger partial charge in [-0.1, -0.05) is 212 Å². The highest BCUT2D eigenvalue weighted by atomic mass is 15.0. The standard InChI is InChI=1S/C59H40N4.C6H7N/c1-2-11-25-44(24-10-1)59(45-26-12-5-13-27-45)51-31-17-14-30-49(51)55-50(38-46(39-52(55)59)63-53-32-18-15-28-47(53)48-29-16-19-33-54(48)63)58-61-56(42-22-8-4-9-23-42)60-57(62-58)43-36-34-41(35-37-43)40-20-6-3-7-21-40;1-6-4-2-3-5-7-6/h1,3-39H,2H2;2-5H,1H3. The third kappa shape index (κ3) is 7.45. The lowest BCUT2D eigenvalue weighted by Gasteiger charge is -2.35. The second-order valence-electron chi connectivity index (χ2n) is 17.7. The number of aryl methyl sites for hydroxylation is 1. The zero-order chi connectivity index (χ0) is 46.9. The minimum Gasteiger partial charge on any atom is -0.309 e. The summed E-state index contributed by atoms with van der Waals surface area (Å²) in [6, 6.07) is 77.3. The number of hydrogen-bond acceptors (Lipinski definition) is 4. The number of para-hydroxylation sites is 2. The van der Waals surface area contributed by atoms with E-state index in [0.29, 0.717) is 17.5 Å². The number of aromatic nitrogens is 5. The number of nitrogens with zero attached hydrogens (tertiary/aromatic N) is 5. The van der Waals surface area contributed by atoms with Gasteiger partial charge in [-0.2, -0.15) is 0 Å². The van der Waals surface area contributed by atoms with Crippen molar-refractivity contribution >= 4 is 21.8 Å². The summed E-state index contributed by atoms with van der Waals surface area (Å²) in [4.78, 5) is 20.1. The molecule has 2 aliphatic carbocycles. The second kappa shape index (κ2) is 18.2. The largest absolute Gasteiger partial charge is 0.309 e. The Morgan fingerprint density at radius 2 is 1.01 bits per heavy atom. The highest BCUT2D eigenvalue weighted by Gasteiger charge is 2.48. The second-order valence-corrected chi connectivity index (χ2v) is 17.7. The normalized spacial score (nSPS) is 14.6. The maximum absolute atomic E-state index is 5.48. The maximum Gasteiger partial charge on any atom is 0.164 e. The molecule has 2 aliphatic rings. The Labute approximate surface area is 408 Å². The Morgan fingerprint density at radius 1 is 0.457 bits per heavy atom. The average molecular weight is 898 g/mol. The molecule has 13 rings (SSSR count). The van der Waals surface area contributed by atoms with Gasteiger partial charge >= 0.3 is 0 Å². The topological polar surface area (TPSA) is 56.5 Å². The first-order valence-electron chi connectivity index (χ1n) is 23.9. The van der Waals surface area contributed by atoms with Crippen LogP contribution in [0.4, 0.5) is 0 Å². The molecule has 0 saturated heterocycles. The van der Waals surface area contributed by atoms with Gasteiger partial charge in [0, 0.05) is 45.0 Å². The number of fused-ring (bicyclic) bond motifs is 6. The zero-order valence-corrected chi connectivity index (χ0v) is 38.7. The lowest BCUT2D eigenvalue weighted by atomic mass is 9.66. The molecular formula is C65H47N5. The molecule has 5 heteroatoms. The van der Waals surface area contributed by atoms with Crippen molar-refractivity contribution in [2.75, 3.05) is 0 Å². The fourth-order valence-corrected chi connectivity index (χ4v) is 10.4. The minimum atomic E-state index is -0.659. The van der Waals surface area contributed by atoms with Gasteiger partial charge in [-0.15, -0.1) is 0 Å². The van der Waals surface area contributed by atoms with Crippen LogP contribution in [0.2, 0.25) is 0 Å². The molecule has 0 aliphatic heterocycles. The van der Waals surface area contributed by atoms with E-state index in [1.54, 1.807) is 6.20 Å². The van der Waals surface area contributed by atoms with Crippen LogP contribution in [0.3, 0.4) is 0 Å². The molecule has 0 bridgehead atoms. The summed E-state index contributed by atoms with van der Waals surface area (Å²) in [6.45, 7) is 1.97. The van der Waals surface area contributed by atoms with Crippen molar-refractivity contribution in [3.63, 3.8) is 0 Å². The molecular weight excluding hydrogens is 851 g/mol. The predicted molar refractivity (Wildman–Crippen MR) is 288 cm³/mol. The first-order chi connectivity index (χ1) is 34.6. The van der Waals surface area contributed by atoms with Gasteiger partial charge in [-0.05, 0) is 94.3 Å². The van der Waals surface area contributed by atoms with E-state index in [1.807, 2.05) is 49.4 Å². The van der Waals surface area contributed by atoms with Crippen LogP contribution in [0.15, 0.2) is 261 Å². The van der Waals surface area contributed by atoms with Crippen LogP contribution >= 0.6 is 0 Å². The molecule has 8 aromatic carbocycles. The van der Waals surface area contributed by atoms with Gasteiger partial charge in [-0.3, -0.25) is 4.98 Å². The lowest BCUT2D eigenvalue weighted by Crippen LogP contribution is -2.29. The molecule has 70 heavy (non-hydrogen) atoms. The summed E-state index contributed by atoms with van der Waals surface area (Å²) < 4.78 is 2.42. The quantitative estimate of drug-likeness (QED) is 0.160. The van der Waals surface area contributed by atoms with E-state index in [0.717, 1.165) is 67.8 Å². The van der Waals surface area contributed by atoms with Gasteiger partial charge in [-0.25, -0.2) is 15.0 Å². The summed E-state index contributed by atoms with van der Waals surface area (Å²) in [7, 11) is 0. The van der Waals surface area contributed by atoms with Crippen molar-refractivity contribution in [3.8, 4) is 62.1 Å². The molecule has 3 aromatic heterocycles. The number of pyridine rings is 1. The molecule has 0 spiro atoms. The summed E-state index contributed by atoms with van der Waals surface area (Å²) in [5.41, 5.74) is 15.9. The molecule has 1 atom stereocenters. The number of rotatable bonds is 7. The van der Waals surface area contributed by atoms with Crippen LogP contribution in [0.1, 0.15) is 28.8 Å². The predicted octanol–water partition coefficient (Wildman–Crippen LogP) is 15.8. The first-order valence-corrected chi connectivity index (χ1v) is 23.9. The maximum atomic E-state index is 5.48. The molecule has 0 amide bonds. The highest BCUT2D eigenvalue weighted by molar-refractivity contribution is 6.09. The fourth-order valence-electron chi connectivity index (χ4n) is 10.4. The summed E-state index contributed by atoms with van der Waals surface area (Å²) in [5.74, 6) is 1.86. The average Bonchev–Trinajstić information content (AvgIpc) is 3.77. The number of allylic oxidation sites excluding steroid dienone is 6. The molecule has 0 N–H and O–H groups in total. The van der Waals surface area contributed by atoms with Crippen molar-refractivity contribution in [3.05, 3.63) is 283 Å². The van der Waals surface area contributed by atoms with E-state index < -0.39 is 5.41 Å². The van der Waals surface area contributed by atoms with E-state index in [1.165, 1.54) is 33.0 Å². The fraction of sp³-hybridized carbons (Fsp3) is 0.0462. The van der Waals surface area contributed by atoms with Crippen LogP contribution in [0.5, 0.6) is 0 Å².